The smallest absolute Gasteiger partial charge is 0.147 e. The summed E-state index contributed by atoms with van der Waals surface area (Å²) < 4.78 is 0. The van der Waals surface area contributed by atoms with Crippen molar-refractivity contribution in [2.75, 3.05) is 18.0 Å². The van der Waals surface area contributed by atoms with E-state index in [1.54, 1.807) is 6.20 Å². The highest BCUT2D eigenvalue weighted by molar-refractivity contribution is 5.36. The molecule has 0 unspecified atom stereocenters. The average molecular weight is 248 g/mol. The Kier molecular flexibility index (Phi) is 4.17. The van der Waals surface area contributed by atoms with Crippen molar-refractivity contribution in [1.82, 2.24) is 9.97 Å². The van der Waals surface area contributed by atoms with Gasteiger partial charge in [0, 0.05) is 19.6 Å². The first kappa shape index (κ1) is 13.3. The largest absolute Gasteiger partial charge is 0.355 e. The minimum atomic E-state index is 0.460. The molecule has 0 aliphatic carbocycles. The topological polar surface area (TPSA) is 55.0 Å². The number of hydrogen-bond donors (Lipinski definition) is 1. The first-order valence-electron chi connectivity index (χ1n) is 6.99. The highest BCUT2D eigenvalue weighted by Gasteiger charge is 2.31. The van der Waals surface area contributed by atoms with E-state index in [4.69, 9.17) is 5.73 Å². The summed E-state index contributed by atoms with van der Waals surface area (Å²) in [5, 5.41) is 0. The molecule has 0 saturated carbocycles. The normalized spacial score (nSPS) is 18.9. The van der Waals surface area contributed by atoms with Crippen LogP contribution in [-0.4, -0.2) is 23.1 Å². The molecule has 0 spiro atoms. The fraction of sp³-hybridized carbons (Fsp3) is 0.714. The van der Waals surface area contributed by atoms with Crippen LogP contribution >= 0.6 is 0 Å². The van der Waals surface area contributed by atoms with E-state index in [1.807, 2.05) is 6.20 Å². The van der Waals surface area contributed by atoms with E-state index in [0.717, 1.165) is 24.6 Å². The summed E-state index contributed by atoms with van der Waals surface area (Å²) in [4.78, 5) is 11.1. The van der Waals surface area contributed by atoms with E-state index >= 15 is 0 Å². The van der Waals surface area contributed by atoms with Gasteiger partial charge in [0.15, 0.2) is 0 Å². The fourth-order valence-corrected chi connectivity index (χ4v) is 2.78. The number of nitrogens with two attached hydrogens (primary N) is 1. The monoisotopic (exact) mass is 248 g/mol. The van der Waals surface area contributed by atoms with Gasteiger partial charge in [0.05, 0.1) is 18.1 Å². The molecule has 0 aromatic carbocycles. The Hall–Kier alpha value is -1.16. The molecule has 1 fully saturated rings. The van der Waals surface area contributed by atoms with Gasteiger partial charge in [0.25, 0.3) is 0 Å². The molecule has 2 rings (SSSR count). The number of piperidine rings is 1. The Bertz CT molecular complexity index is 360. The molecule has 0 bridgehead atoms. The van der Waals surface area contributed by atoms with Crippen LogP contribution in [0, 0.1) is 5.41 Å². The summed E-state index contributed by atoms with van der Waals surface area (Å²) in [5.74, 6) is 0.994. The number of nitrogens with zero attached hydrogens (tertiary/aromatic N) is 3. The van der Waals surface area contributed by atoms with Crippen molar-refractivity contribution >= 4 is 5.82 Å². The van der Waals surface area contributed by atoms with E-state index in [0.29, 0.717) is 12.0 Å². The number of hydrogen-bond acceptors (Lipinski definition) is 4. The van der Waals surface area contributed by atoms with Crippen molar-refractivity contribution < 1.29 is 0 Å². The number of aromatic nitrogens is 2. The lowest BCUT2D eigenvalue weighted by Gasteiger charge is -2.41. The second-order valence-electron chi connectivity index (χ2n) is 5.26. The predicted molar refractivity (Wildman–Crippen MR) is 74.4 cm³/mol. The zero-order chi connectivity index (χ0) is 13.0. The lowest BCUT2D eigenvalue weighted by molar-refractivity contribution is 0.199. The molecule has 1 aliphatic heterocycles. The molecule has 18 heavy (non-hydrogen) atoms. The summed E-state index contributed by atoms with van der Waals surface area (Å²) >= 11 is 0. The SMILES string of the molecule is CCC1(CC)CCN(c2cnc(CN)cn2)CC1. The third-order valence-electron chi connectivity index (χ3n) is 4.55. The zero-order valence-corrected chi connectivity index (χ0v) is 11.5. The first-order chi connectivity index (χ1) is 8.73. The van der Waals surface area contributed by atoms with Gasteiger partial charge in [-0.05, 0) is 18.3 Å². The molecular weight excluding hydrogens is 224 g/mol. The van der Waals surface area contributed by atoms with Gasteiger partial charge in [-0.25, -0.2) is 4.98 Å². The molecule has 1 saturated heterocycles. The molecule has 0 atom stereocenters. The van der Waals surface area contributed by atoms with Gasteiger partial charge >= 0.3 is 0 Å². The Morgan fingerprint density at radius 3 is 2.28 bits per heavy atom. The van der Waals surface area contributed by atoms with Crippen LogP contribution in [0.2, 0.25) is 0 Å². The molecule has 4 nitrogen and oxygen atoms in total. The van der Waals surface area contributed by atoms with Gasteiger partial charge < -0.3 is 10.6 Å². The summed E-state index contributed by atoms with van der Waals surface area (Å²) in [6.07, 6.45) is 8.74. The van der Waals surface area contributed by atoms with Crippen LogP contribution in [0.1, 0.15) is 45.2 Å². The van der Waals surface area contributed by atoms with Crippen molar-refractivity contribution in [2.45, 2.75) is 46.1 Å². The van der Waals surface area contributed by atoms with Crippen LogP contribution in [0.4, 0.5) is 5.82 Å². The van der Waals surface area contributed by atoms with E-state index in [2.05, 4.69) is 28.7 Å². The standard InChI is InChI=1S/C14H24N4/c1-3-14(4-2)5-7-18(8-6-14)13-11-16-12(9-15)10-17-13/h10-11H,3-9,15H2,1-2H3. The molecule has 100 valence electrons. The lowest BCUT2D eigenvalue weighted by Crippen LogP contribution is -2.40. The van der Waals surface area contributed by atoms with Gasteiger partial charge in [-0.2, -0.15) is 0 Å². The molecule has 0 radical (unpaired) electrons. The van der Waals surface area contributed by atoms with Crippen LogP contribution in [0.15, 0.2) is 12.4 Å². The molecular formula is C14H24N4. The Morgan fingerprint density at radius 1 is 1.17 bits per heavy atom. The minimum Gasteiger partial charge on any atom is -0.355 e. The van der Waals surface area contributed by atoms with Crippen LogP contribution in [0.25, 0.3) is 0 Å². The van der Waals surface area contributed by atoms with E-state index in [-0.39, 0.29) is 0 Å². The van der Waals surface area contributed by atoms with Crippen molar-refractivity contribution in [3.8, 4) is 0 Å². The lowest BCUT2D eigenvalue weighted by atomic mass is 9.74. The number of anilines is 1. The van der Waals surface area contributed by atoms with Gasteiger partial charge in [0.1, 0.15) is 5.82 Å². The van der Waals surface area contributed by atoms with Crippen LogP contribution in [0.5, 0.6) is 0 Å². The van der Waals surface area contributed by atoms with Crippen LogP contribution < -0.4 is 10.6 Å². The summed E-state index contributed by atoms with van der Waals surface area (Å²) in [5.41, 5.74) is 6.94. The van der Waals surface area contributed by atoms with E-state index in [9.17, 15) is 0 Å². The molecule has 2 N–H and O–H groups in total. The molecule has 4 heteroatoms. The van der Waals surface area contributed by atoms with E-state index < -0.39 is 0 Å². The quantitative estimate of drug-likeness (QED) is 0.888. The van der Waals surface area contributed by atoms with Crippen LogP contribution in [0.3, 0.4) is 0 Å². The van der Waals surface area contributed by atoms with E-state index in [1.165, 1.54) is 25.7 Å². The Balaban J connectivity index is 2.00. The Morgan fingerprint density at radius 2 is 1.83 bits per heavy atom. The third kappa shape index (κ3) is 2.64. The molecule has 1 aromatic rings. The Labute approximate surface area is 110 Å². The van der Waals surface area contributed by atoms with Gasteiger partial charge in [-0.1, -0.05) is 26.7 Å². The summed E-state index contributed by atoms with van der Waals surface area (Å²) in [7, 11) is 0. The van der Waals surface area contributed by atoms with Crippen LogP contribution in [-0.2, 0) is 6.54 Å². The fourth-order valence-electron chi connectivity index (χ4n) is 2.78. The van der Waals surface area contributed by atoms with Crippen molar-refractivity contribution in [3.63, 3.8) is 0 Å². The molecule has 2 heterocycles. The molecule has 1 aliphatic rings. The molecule has 0 amide bonds. The van der Waals surface area contributed by atoms with Crippen molar-refractivity contribution in [3.05, 3.63) is 18.1 Å². The minimum absolute atomic E-state index is 0.460. The zero-order valence-electron chi connectivity index (χ0n) is 11.5. The van der Waals surface area contributed by atoms with Gasteiger partial charge in [-0.3, -0.25) is 4.98 Å². The van der Waals surface area contributed by atoms with Gasteiger partial charge in [0.2, 0.25) is 0 Å². The maximum atomic E-state index is 5.53. The number of rotatable bonds is 4. The maximum absolute atomic E-state index is 5.53. The predicted octanol–water partition coefficient (Wildman–Crippen LogP) is 2.34. The first-order valence-corrected chi connectivity index (χ1v) is 6.99. The second kappa shape index (κ2) is 5.65. The van der Waals surface area contributed by atoms with Crippen molar-refractivity contribution in [2.24, 2.45) is 11.1 Å². The van der Waals surface area contributed by atoms with Crippen molar-refractivity contribution in [1.29, 1.82) is 0 Å². The second-order valence-corrected chi connectivity index (χ2v) is 5.26. The van der Waals surface area contributed by atoms with Gasteiger partial charge in [-0.15, -0.1) is 0 Å². The highest BCUT2D eigenvalue weighted by atomic mass is 15.2. The highest BCUT2D eigenvalue weighted by Crippen LogP contribution is 2.38. The molecule has 1 aromatic heterocycles. The average Bonchev–Trinajstić information content (AvgIpc) is 2.47. The summed E-state index contributed by atoms with van der Waals surface area (Å²) in [6.45, 7) is 7.28. The summed E-state index contributed by atoms with van der Waals surface area (Å²) in [6, 6.07) is 0. The third-order valence-corrected chi connectivity index (χ3v) is 4.55. The maximum Gasteiger partial charge on any atom is 0.147 e.